The van der Waals surface area contributed by atoms with E-state index in [0.29, 0.717) is 6.20 Å². The van der Waals surface area contributed by atoms with E-state index in [1.165, 1.54) is 0 Å². The molecule has 0 saturated carbocycles. The molecule has 1 aromatic heterocycles. The van der Waals surface area contributed by atoms with E-state index in [4.69, 9.17) is 0 Å². The number of rotatable bonds is 1. The molecule has 0 aliphatic rings. The van der Waals surface area contributed by atoms with Gasteiger partial charge in [0.2, 0.25) is 5.43 Å². The Bertz CT molecular complexity index is 380. The molecule has 0 saturated heterocycles. The molecule has 1 aromatic rings. The minimum Gasteiger partial charge on any atom is -0.366 e. The third kappa shape index (κ3) is 1.77. The van der Waals surface area contributed by atoms with Gasteiger partial charge in [0.05, 0.1) is 5.56 Å². The van der Waals surface area contributed by atoms with Gasteiger partial charge in [-0.3, -0.25) is 9.59 Å². The van der Waals surface area contributed by atoms with Crippen LogP contribution in [0.5, 0.6) is 0 Å². The molecule has 0 aromatic carbocycles. The second-order valence-corrected chi connectivity index (χ2v) is 2.27. The predicted octanol–water partition coefficient (Wildman–Crippen LogP) is 1.21. The molecule has 0 spiro atoms. The van der Waals surface area contributed by atoms with Crippen molar-refractivity contribution in [2.75, 3.05) is 0 Å². The highest BCUT2D eigenvalue weighted by Crippen LogP contribution is 2.25. The SMILES string of the molecule is O=Cc1c[nH]cc(C(F)(F)F)c1=O. The summed E-state index contributed by atoms with van der Waals surface area (Å²) in [4.78, 5) is 23.1. The lowest BCUT2D eigenvalue weighted by molar-refractivity contribution is -0.138. The molecule has 6 heteroatoms. The number of aldehydes is 1. The second-order valence-electron chi connectivity index (χ2n) is 2.27. The summed E-state index contributed by atoms with van der Waals surface area (Å²) in [5, 5.41) is 0. The molecule has 1 N–H and O–H groups in total. The van der Waals surface area contributed by atoms with E-state index in [2.05, 4.69) is 4.98 Å². The lowest BCUT2D eigenvalue weighted by Gasteiger charge is -2.04. The van der Waals surface area contributed by atoms with Gasteiger partial charge in [0.25, 0.3) is 0 Å². The van der Waals surface area contributed by atoms with Crippen LogP contribution < -0.4 is 5.43 Å². The van der Waals surface area contributed by atoms with Crippen LogP contribution in [0.3, 0.4) is 0 Å². The topological polar surface area (TPSA) is 49.9 Å². The Hall–Kier alpha value is -1.59. The highest BCUT2D eigenvalue weighted by Gasteiger charge is 2.34. The number of carbonyl (C=O) groups excluding carboxylic acids is 1. The Labute approximate surface area is 70.2 Å². The van der Waals surface area contributed by atoms with Gasteiger partial charge < -0.3 is 4.98 Å². The highest BCUT2D eigenvalue weighted by atomic mass is 19.4. The van der Waals surface area contributed by atoms with Crippen LogP contribution in [-0.2, 0) is 6.18 Å². The average Bonchev–Trinajstić information content (AvgIpc) is 2.02. The number of carbonyl (C=O) groups is 1. The zero-order valence-electron chi connectivity index (χ0n) is 6.18. The number of aromatic amines is 1. The van der Waals surface area contributed by atoms with E-state index in [1.54, 1.807) is 0 Å². The maximum absolute atomic E-state index is 12.0. The van der Waals surface area contributed by atoms with Crippen molar-refractivity contribution in [3.05, 3.63) is 33.7 Å². The van der Waals surface area contributed by atoms with Crippen LogP contribution in [0.1, 0.15) is 15.9 Å². The summed E-state index contributed by atoms with van der Waals surface area (Å²) in [7, 11) is 0. The van der Waals surface area contributed by atoms with Crippen LogP contribution in [0.4, 0.5) is 13.2 Å². The molecule has 1 rings (SSSR count). The molecule has 0 fully saturated rings. The fourth-order valence-electron chi connectivity index (χ4n) is 0.799. The molecule has 1 heterocycles. The fourth-order valence-corrected chi connectivity index (χ4v) is 0.799. The van der Waals surface area contributed by atoms with Gasteiger partial charge in [-0.05, 0) is 0 Å². The summed E-state index contributed by atoms with van der Waals surface area (Å²) in [5.41, 5.74) is -3.20. The lowest BCUT2D eigenvalue weighted by Crippen LogP contribution is -2.22. The maximum atomic E-state index is 12.0. The van der Waals surface area contributed by atoms with E-state index in [0.717, 1.165) is 6.20 Å². The minimum absolute atomic E-state index is 0.0775. The summed E-state index contributed by atoms with van der Waals surface area (Å²) in [6.45, 7) is 0. The summed E-state index contributed by atoms with van der Waals surface area (Å²) in [6, 6.07) is 0. The van der Waals surface area contributed by atoms with Crippen molar-refractivity contribution in [2.24, 2.45) is 0 Å². The van der Waals surface area contributed by atoms with Crippen LogP contribution in [0.15, 0.2) is 17.2 Å². The van der Waals surface area contributed by atoms with Crippen molar-refractivity contribution in [1.82, 2.24) is 4.98 Å². The first-order chi connectivity index (χ1) is 5.96. The molecule has 70 valence electrons. The molecule has 0 radical (unpaired) electrons. The largest absolute Gasteiger partial charge is 0.421 e. The van der Waals surface area contributed by atoms with E-state index in [9.17, 15) is 22.8 Å². The number of nitrogens with one attached hydrogen (secondary N) is 1. The number of hydrogen-bond acceptors (Lipinski definition) is 2. The van der Waals surface area contributed by atoms with Gasteiger partial charge in [0, 0.05) is 12.4 Å². The van der Waals surface area contributed by atoms with Crippen molar-refractivity contribution >= 4 is 6.29 Å². The Morgan fingerprint density at radius 1 is 1.31 bits per heavy atom. The third-order valence-electron chi connectivity index (χ3n) is 1.41. The first kappa shape index (κ1) is 9.50. The van der Waals surface area contributed by atoms with Crippen molar-refractivity contribution in [2.45, 2.75) is 6.18 Å². The summed E-state index contributed by atoms with van der Waals surface area (Å²) < 4.78 is 36.1. The highest BCUT2D eigenvalue weighted by molar-refractivity contribution is 5.74. The normalized spacial score (nSPS) is 11.3. The molecule has 0 atom stereocenters. The Kier molecular flexibility index (Phi) is 2.22. The van der Waals surface area contributed by atoms with Crippen LogP contribution in [0, 0.1) is 0 Å². The van der Waals surface area contributed by atoms with Crippen LogP contribution in [0.2, 0.25) is 0 Å². The first-order valence-electron chi connectivity index (χ1n) is 3.20. The van der Waals surface area contributed by atoms with Crippen molar-refractivity contribution in [3.8, 4) is 0 Å². The molecule has 0 aliphatic carbocycles. The zero-order chi connectivity index (χ0) is 10.1. The van der Waals surface area contributed by atoms with Crippen LogP contribution >= 0.6 is 0 Å². The van der Waals surface area contributed by atoms with E-state index >= 15 is 0 Å². The molecular weight excluding hydrogens is 187 g/mol. The number of pyridine rings is 1. The molecule has 0 amide bonds. The smallest absolute Gasteiger partial charge is 0.366 e. The van der Waals surface area contributed by atoms with Gasteiger partial charge >= 0.3 is 6.18 Å². The Morgan fingerprint density at radius 2 is 1.92 bits per heavy atom. The number of aromatic nitrogens is 1. The van der Waals surface area contributed by atoms with Gasteiger partial charge in [-0.25, -0.2) is 0 Å². The van der Waals surface area contributed by atoms with Gasteiger partial charge in [-0.2, -0.15) is 13.2 Å². The molecule has 0 bridgehead atoms. The van der Waals surface area contributed by atoms with Crippen LogP contribution in [-0.4, -0.2) is 11.3 Å². The van der Waals surface area contributed by atoms with Gasteiger partial charge in [0.15, 0.2) is 6.29 Å². The average molecular weight is 191 g/mol. The van der Waals surface area contributed by atoms with Crippen molar-refractivity contribution < 1.29 is 18.0 Å². The molecular formula is C7H4F3NO2. The van der Waals surface area contributed by atoms with Crippen molar-refractivity contribution in [3.63, 3.8) is 0 Å². The van der Waals surface area contributed by atoms with Crippen LogP contribution in [0.25, 0.3) is 0 Å². The van der Waals surface area contributed by atoms with Gasteiger partial charge in [-0.1, -0.05) is 0 Å². The van der Waals surface area contributed by atoms with Crippen molar-refractivity contribution in [1.29, 1.82) is 0 Å². The fraction of sp³-hybridized carbons (Fsp3) is 0.143. The standard InChI is InChI=1S/C7H4F3NO2/c8-7(9,10)5-2-11-1-4(3-12)6(5)13/h1-3H,(H,11,13). The Balaban J connectivity index is 3.41. The Morgan fingerprint density at radius 3 is 2.38 bits per heavy atom. The van der Waals surface area contributed by atoms with E-state index < -0.39 is 22.7 Å². The second kappa shape index (κ2) is 3.04. The molecule has 0 unspecified atom stereocenters. The third-order valence-corrected chi connectivity index (χ3v) is 1.41. The summed E-state index contributed by atoms with van der Waals surface area (Å²) >= 11 is 0. The lowest BCUT2D eigenvalue weighted by atomic mass is 10.2. The molecule has 13 heavy (non-hydrogen) atoms. The predicted molar refractivity (Wildman–Crippen MR) is 37.5 cm³/mol. The monoisotopic (exact) mass is 191 g/mol. The summed E-state index contributed by atoms with van der Waals surface area (Å²) in [5.74, 6) is 0. The van der Waals surface area contributed by atoms with E-state index in [1.807, 2.05) is 0 Å². The quantitative estimate of drug-likeness (QED) is 0.678. The number of H-pyrrole nitrogens is 1. The summed E-state index contributed by atoms with van der Waals surface area (Å²) in [6.07, 6.45) is -3.21. The number of alkyl halides is 3. The molecule has 0 aliphatic heterocycles. The van der Waals surface area contributed by atoms with Gasteiger partial charge in [-0.15, -0.1) is 0 Å². The van der Waals surface area contributed by atoms with Gasteiger partial charge in [0.1, 0.15) is 5.56 Å². The minimum atomic E-state index is -4.73. The van der Waals surface area contributed by atoms with E-state index in [-0.39, 0.29) is 6.29 Å². The maximum Gasteiger partial charge on any atom is 0.421 e. The zero-order valence-corrected chi connectivity index (χ0v) is 6.18. The number of halogens is 3. The first-order valence-corrected chi connectivity index (χ1v) is 3.20. The number of hydrogen-bond donors (Lipinski definition) is 1. The molecule has 3 nitrogen and oxygen atoms in total.